The van der Waals surface area contributed by atoms with Crippen LogP contribution in [0.25, 0.3) is 0 Å². The van der Waals surface area contributed by atoms with Gasteiger partial charge in [-0.25, -0.2) is 4.79 Å². The number of carbonyl (C=O) groups is 1. The molecule has 6 nitrogen and oxygen atoms in total. The Hall–Kier alpha value is -1.84. The second-order valence-electron chi connectivity index (χ2n) is 13.1. The minimum absolute atomic E-state index is 0.0600. The largest absolute Gasteiger partial charge is 0.488 e. The first kappa shape index (κ1) is 27.3. The quantitative estimate of drug-likeness (QED) is 0.411. The third-order valence-electron chi connectivity index (χ3n) is 9.38. The number of nitrogens with zero attached hydrogens (tertiary/aromatic N) is 2. The first-order valence-corrected chi connectivity index (χ1v) is 15.6. The lowest BCUT2D eigenvalue weighted by molar-refractivity contribution is -0.149. The molecule has 3 atom stereocenters. The molecule has 4 aliphatic rings. The summed E-state index contributed by atoms with van der Waals surface area (Å²) in [6.07, 6.45) is 5.33. The van der Waals surface area contributed by atoms with Gasteiger partial charge >= 0.3 is 6.09 Å². The summed E-state index contributed by atoms with van der Waals surface area (Å²) in [5, 5.41) is 12.8. The van der Waals surface area contributed by atoms with Gasteiger partial charge in [-0.2, -0.15) is 0 Å². The Morgan fingerprint density at radius 1 is 1.08 bits per heavy atom. The molecule has 0 radical (unpaired) electrons. The van der Waals surface area contributed by atoms with Crippen LogP contribution in [0.2, 0.25) is 0 Å². The van der Waals surface area contributed by atoms with Crippen molar-refractivity contribution in [2.45, 2.75) is 88.6 Å². The lowest BCUT2D eigenvalue weighted by atomic mass is 9.52. The summed E-state index contributed by atoms with van der Waals surface area (Å²) in [6, 6.07) is 14.8. The predicted molar refractivity (Wildman–Crippen MR) is 160 cm³/mol. The highest BCUT2D eigenvalue weighted by molar-refractivity contribution is 14.1. The van der Waals surface area contributed by atoms with E-state index in [-0.39, 0.29) is 12.1 Å². The molecule has 1 saturated carbocycles. The van der Waals surface area contributed by atoms with Crippen LogP contribution < -0.4 is 4.74 Å². The van der Waals surface area contributed by atoms with Gasteiger partial charge in [-0.05, 0) is 123 Å². The molecule has 39 heavy (non-hydrogen) atoms. The maximum Gasteiger partial charge on any atom is 0.410 e. The first-order valence-electron chi connectivity index (χ1n) is 14.5. The fourth-order valence-electron chi connectivity index (χ4n) is 7.24. The van der Waals surface area contributed by atoms with Gasteiger partial charge in [0.25, 0.3) is 0 Å². The van der Waals surface area contributed by atoms with Gasteiger partial charge in [0.05, 0.1) is 9.17 Å². The van der Waals surface area contributed by atoms with Crippen LogP contribution in [0.1, 0.15) is 69.6 Å². The van der Waals surface area contributed by atoms with E-state index in [1.165, 1.54) is 24.0 Å². The molecule has 1 amide bonds. The number of piperidine rings is 1. The van der Waals surface area contributed by atoms with Crippen molar-refractivity contribution in [3.05, 3.63) is 62.7 Å². The van der Waals surface area contributed by atoms with Crippen molar-refractivity contribution in [3.63, 3.8) is 0 Å². The van der Waals surface area contributed by atoms with Crippen molar-refractivity contribution in [3.8, 4) is 5.75 Å². The smallest absolute Gasteiger partial charge is 0.410 e. The molecule has 2 aliphatic heterocycles. The van der Waals surface area contributed by atoms with Gasteiger partial charge < -0.3 is 19.5 Å². The minimum atomic E-state index is -0.909. The molecule has 0 spiro atoms. The van der Waals surface area contributed by atoms with E-state index in [4.69, 9.17) is 9.47 Å². The molecule has 3 fully saturated rings. The highest BCUT2D eigenvalue weighted by Gasteiger charge is 2.63. The zero-order chi connectivity index (χ0) is 27.4. The normalized spacial score (nSPS) is 28.7. The lowest BCUT2D eigenvalue weighted by Gasteiger charge is -2.61. The number of carbonyl (C=O) groups excluding carboxylic acids is 1. The van der Waals surface area contributed by atoms with Gasteiger partial charge in [0.2, 0.25) is 0 Å². The van der Waals surface area contributed by atoms with E-state index in [0.29, 0.717) is 26.1 Å². The zero-order valence-electron chi connectivity index (χ0n) is 23.4. The Bertz CT molecular complexity index is 1230. The topological polar surface area (TPSA) is 62.2 Å². The Labute approximate surface area is 246 Å². The molecule has 2 aromatic carbocycles. The highest BCUT2D eigenvalue weighted by Crippen LogP contribution is 2.57. The Kier molecular flexibility index (Phi) is 7.16. The molecular formula is C32H41IN2O4. The van der Waals surface area contributed by atoms with E-state index in [1.54, 1.807) is 0 Å². The predicted octanol–water partition coefficient (Wildman–Crippen LogP) is 5.91. The summed E-state index contributed by atoms with van der Waals surface area (Å²) in [5.41, 5.74) is 1.81. The second-order valence-corrected chi connectivity index (χ2v) is 14.3. The lowest BCUT2D eigenvalue weighted by Crippen LogP contribution is -2.71. The van der Waals surface area contributed by atoms with Gasteiger partial charge in [0.1, 0.15) is 18.0 Å². The maximum absolute atomic E-state index is 13.1. The molecule has 2 bridgehead atoms. The van der Waals surface area contributed by atoms with Crippen molar-refractivity contribution in [2.75, 3.05) is 26.2 Å². The summed E-state index contributed by atoms with van der Waals surface area (Å²) in [6.45, 7) is 9.39. The third-order valence-corrected chi connectivity index (χ3v) is 10.2. The molecule has 2 aliphatic carbocycles. The molecule has 2 saturated heterocycles. The Morgan fingerprint density at radius 2 is 1.79 bits per heavy atom. The fraction of sp³-hybridized carbons (Fsp3) is 0.594. The SMILES string of the molecule is CC(C)(C)OC(=O)N1CC[C@]23CCN(CC4CC4)[C@H](Cc4cc(I)c(OCc5ccccc5)cc42)[C@]3(O)CC1. The number of aliphatic hydroxyl groups is 1. The standard InChI is InChI=1S/C32H41IN2O4/c1-30(2,3)39-29(36)34-14-11-31-12-15-35(20-22-9-10-22)28(32(31,37)13-16-34)18-24-17-26(33)27(19-25(24)31)38-21-23-7-5-4-6-8-23/h4-8,17,19,22,28,37H,9-16,18,20-21H2,1-3H3/t28-,31+,32-/m1/s1. The zero-order valence-corrected chi connectivity index (χ0v) is 25.6. The number of halogens is 1. The van der Waals surface area contributed by atoms with Crippen molar-refractivity contribution >= 4 is 28.7 Å². The van der Waals surface area contributed by atoms with Gasteiger partial charge in [0.15, 0.2) is 0 Å². The fourth-order valence-corrected chi connectivity index (χ4v) is 7.93. The van der Waals surface area contributed by atoms with Crippen LogP contribution in [0.5, 0.6) is 5.75 Å². The van der Waals surface area contributed by atoms with Crippen LogP contribution in [0.3, 0.4) is 0 Å². The molecule has 1 N–H and O–H groups in total. The molecular weight excluding hydrogens is 603 g/mol. The van der Waals surface area contributed by atoms with E-state index in [2.05, 4.69) is 51.8 Å². The molecule has 2 aromatic rings. The van der Waals surface area contributed by atoms with Crippen LogP contribution in [0.4, 0.5) is 4.79 Å². The van der Waals surface area contributed by atoms with Crippen LogP contribution in [0.15, 0.2) is 42.5 Å². The summed E-state index contributed by atoms with van der Waals surface area (Å²) in [7, 11) is 0. The summed E-state index contributed by atoms with van der Waals surface area (Å²) >= 11 is 2.40. The van der Waals surface area contributed by atoms with Crippen LogP contribution in [-0.4, -0.2) is 64.4 Å². The highest BCUT2D eigenvalue weighted by atomic mass is 127. The number of amides is 1. The third kappa shape index (κ3) is 5.19. The summed E-state index contributed by atoms with van der Waals surface area (Å²) in [5.74, 6) is 1.64. The van der Waals surface area contributed by atoms with Gasteiger partial charge in [-0.3, -0.25) is 4.90 Å². The maximum atomic E-state index is 13.1. The molecule has 6 rings (SSSR count). The van der Waals surface area contributed by atoms with Crippen molar-refractivity contribution in [2.24, 2.45) is 5.92 Å². The molecule has 7 heteroatoms. The average Bonchev–Trinajstić information content (AvgIpc) is 3.71. The van der Waals surface area contributed by atoms with E-state index in [9.17, 15) is 9.90 Å². The number of hydrogen-bond donors (Lipinski definition) is 1. The van der Waals surface area contributed by atoms with E-state index < -0.39 is 16.6 Å². The molecule has 210 valence electrons. The van der Waals surface area contributed by atoms with Crippen LogP contribution in [-0.2, 0) is 23.2 Å². The van der Waals surface area contributed by atoms with Gasteiger partial charge in [0, 0.05) is 31.1 Å². The summed E-state index contributed by atoms with van der Waals surface area (Å²) < 4.78 is 13.3. The number of benzene rings is 2. The Morgan fingerprint density at radius 3 is 2.51 bits per heavy atom. The van der Waals surface area contributed by atoms with E-state index in [1.807, 2.05) is 43.9 Å². The van der Waals surface area contributed by atoms with Crippen molar-refractivity contribution in [1.82, 2.24) is 9.80 Å². The van der Waals surface area contributed by atoms with Crippen LogP contribution >= 0.6 is 22.6 Å². The number of likely N-dealkylation sites (tertiary alicyclic amines) is 2. The van der Waals surface area contributed by atoms with E-state index >= 15 is 0 Å². The minimum Gasteiger partial charge on any atom is -0.488 e. The monoisotopic (exact) mass is 644 g/mol. The van der Waals surface area contributed by atoms with Crippen LogP contribution in [0, 0.1) is 9.49 Å². The number of rotatable bonds is 5. The average molecular weight is 645 g/mol. The van der Waals surface area contributed by atoms with Crippen molar-refractivity contribution in [1.29, 1.82) is 0 Å². The molecule has 0 unspecified atom stereocenters. The number of hydrogen-bond acceptors (Lipinski definition) is 5. The molecule has 2 heterocycles. The second kappa shape index (κ2) is 10.2. The number of fused-ring (bicyclic) bond motifs is 1. The Balaban J connectivity index is 1.36. The van der Waals surface area contributed by atoms with Gasteiger partial charge in [-0.15, -0.1) is 0 Å². The van der Waals surface area contributed by atoms with Gasteiger partial charge in [-0.1, -0.05) is 30.3 Å². The van der Waals surface area contributed by atoms with E-state index in [0.717, 1.165) is 53.2 Å². The number of ether oxygens (including phenoxy) is 2. The summed E-state index contributed by atoms with van der Waals surface area (Å²) in [4.78, 5) is 17.5. The van der Waals surface area contributed by atoms with Crippen molar-refractivity contribution < 1.29 is 19.4 Å². The first-order chi connectivity index (χ1) is 18.6. The molecule has 0 aromatic heterocycles.